The topological polar surface area (TPSA) is 87.7 Å². The van der Waals surface area contributed by atoms with E-state index in [0.29, 0.717) is 34.2 Å². The molecule has 3 aromatic rings. The lowest BCUT2D eigenvalue weighted by Crippen LogP contribution is -2.16. The number of nitrogens with one attached hydrogen (secondary N) is 2. The minimum absolute atomic E-state index is 0.123. The molecule has 2 N–H and O–H groups in total. The Kier molecular flexibility index (Phi) is 3.86. The van der Waals surface area contributed by atoms with Crippen LogP contribution in [0.2, 0.25) is 0 Å². The molecular formula is C17H16N4O2S. The Morgan fingerprint density at radius 3 is 2.96 bits per heavy atom. The number of rotatable bonds is 5. The SMILES string of the molecule is O=C(CCc1nc2ccccc2c(=O)[nH]1)Nc1nc(C2CC2)cs1. The molecule has 0 aliphatic heterocycles. The lowest BCUT2D eigenvalue weighted by molar-refractivity contribution is -0.116. The number of amides is 1. The lowest BCUT2D eigenvalue weighted by Gasteiger charge is -2.03. The number of para-hydroxylation sites is 1. The first-order valence-electron chi connectivity index (χ1n) is 7.92. The molecule has 0 bridgehead atoms. The second kappa shape index (κ2) is 6.16. The van der Waals surface area contributed by atoms with Gasteiger partial charge in [-0.15, -0.1) is 11.3 Å². The zero-order valence-electron chi connectivity index (χ0n) is 12.9. The van der Waals surface area contributed by atoms with Crippen molar-refractivity contribution in [3.8, 4) is 0 Å². The quantitative estimate of drug-likeness (QED) is 0.747. The van der Waals surface area contributed by atoms with Crippen LogP contribution in [0.3, 0.4) is 0 Å². The second-order valence-corrected chi connectivity index (χ2v) is 6.79. The number of carbonyl (C=O) groups is 1. The number of H-pyrrole nitrogens is 1. The van der Waals surface area contributed by atoms with Gasteiger partial charge in [-0.3, -0.25) is 9.59 Å². The Labute approximate surface area is 142 Å². The number of benzene rings is 1. The van der Waals surface area contributed by atoms with Crippen LogP contribution in [-0.2, 0) is 11.2 Å². The Bertz CT molecular complexity index is 958. The van der Waals surface area contributed by atoms with Crippen molar-refractivity contribution >= 4 is 33.3 Å². The van der Waals surface area contributed by atoms with E-state index in [4.69, 9.17) is 0 Å². The molecule has 0 spiro atoms. The predicted octanol–water partition coefficient (Wildman–Crippen LogP) is 2.83. The van der Waals surface area contributed by atoms with Crippen LogP contribution in [-0.4, -0.2) is 20.9 Å². The molecule has 1 saturated carbocycles. The van der Waals surface area contributed by atoms with E-state index in [2.05, 4.69) is 20.3 Å². The summed E-state index contributed by atoms with van der Waals surface area (Å²) in [6.07, 6.45) is 3.02. The van der Waals surface area contributed by atoms with Crippen LogP contribution in [0.5, 0.6) is 0 Å². The van der Waals surface area contributed by atoms with E-state index >= 15 is 0 Å². The van der Waals surface area contributed by atoms with E-state index in [0.717, 1.165) is 5.69 Å². The van der Waals surface area contributed by atoms with Crippen LogP contribution in [0.1, 0.15) is 36.7 Å². The number of anilines is 1. The third-order valence-electron chi connectivity index (χ3n) is 4.01. The average molecular weight is 340 g/mol. The number of aromatic nitrogens is 3. The molecule has 2 heterocycles. The molecule has 0 radical (unpaired) electrons. The molecular weight excluding hydrogens is 324 g/mol. The highest BCUT2D eigenvalue weighted by Gasteiger charge is 2.26. The number of thiazole rings is 1. The fraction of sp³-hybridized carbons (Fsp3) is 0.294. The van der Waals surface area contributed by atoms with Crippen molar-refractivity contribution in [3.63, 3.8) is 0 Å². The first kappa shape index (κ1) is 15.0. The number of hydrogen-bond donors (Lipinski definition) is 2. The van der Waals surface area contributed by atoms with Crippen LogP contribution >= 0.6 is 11.3 Å². The van der Waals surface area contributed by atoms with Gasteiger partial charge in [0.1, 0.15) is 5.82 Å². The summed E-state index contributed by atoms with van der Waals surface area (Å²) in [6.45, 7) is 0. The summed E-state index contributed by atoms with van der Waals surface area (Å²) < 4.78 is 0. The molecule has 1 aliphatic carbocycles. The van der Waals surface area contributed by atoms with Crippen LogP contribution in [0.4, 0.5) is 5.13 Å². The van der Waals surface area contributed by atoms with Gasteiger partial charge in [0.2, 0.25) is 5.91 Å². The maximum atomic E-state index is 12.1. The van der Waals surface area contributed by atoms with Gasteiger partial charge in [-0.1, -0.05) is 12.1 Å². The number of nitrogens with zero attached hydrogens (tertiary/aromatic N) is 2. The molecule has 2 aromatic heterocycles. The molecule has 6 nitrogen and oxygen atoms in total. The average Bonchev–Trinajstić information content (AvgIpc) is 3.33. The van der Waals surface area contributed by atoms with E-state index in [9.17, 15) is 9.59 Å². The number of hydrogen-bond acceptors (Lipinski definition) is 5. The Morgan fingerprint density at radius 1 is 1.29 bits per heavy atom. The largest absolute Gasteiger partial charge is 0.310 e. The van der Waals surface area contributed by atoms with Gasteiger partial charge in [0, 0.05) is 24.1 Å². The molecule has 24 heavy (non-hydrogen) atoms. The number of aryl methyl sites for hydroxylation is 1. The molecule has 0 unspecified atom stereocenters. The Balaban J connectivity index is 1.40. The van der Waals surface area contributed by atoms with Gasteiger partial charge < -0.3 is 10.3 Å². The molecule has 4 rings (SSSR count). The molecule has 1 aromatic carbocycles. The molecule has 1 amide bonds. The molecule has 0 saturated heterocycles. The van der Waals surface area contributed by atoms with Crippen LogP contribution in [0, 0.1) is 0 Å². The molecule has 0 atom stereocenters. The number of carbonyl (C=O) groups excluding carboxylic acids is 1. The fourth-order valence-electron chi connectivity index (χ4n) is 2.58. The van der Waals surface area contributed by atoms with E-state index in [1.54, 1.807) is 18.2 Å². The summed E-state index contributed by atoms with van der Waals surface area (Å²) in [5.74, 6) is 0.980. The first-order valence-corrected chi connectivity index (χ1v) is 8.80. The number of aromatic amines is 1. The van der Waals surface area contributed by atoms with Gasteiger partial charge in [0.05, 0.1) is 16.6 Å². The summed E-state index contributed by atoms with van der Waals surface area (Å²) in [5, 5.41) is 6.02. The molecule has 1 aliphatic rings. The fourth-order valence-corrected chi connectivity index (χ4v) is 3.39. The zero-order chi connectivity index (χ0) is 16.5. The third kappa shape index (κ3) is 3.21. The standard InChI is InChI=1S/C17H16N4O2S/c22-15(21-17-19-13(9-24-17)10-5-6-10)8-7-14-18-12-4-2-1-3-11(12)16(23)20-14/h1-4,9-10H,5-8H2,(H,18,20,23)(H,19,21,22). The Morgan fingerprint density at radius 2 is 2.12 bits per heavy atom. The second-order valence-electron chi connectivity index (χ2n) is 5.93. The summed E-state index contributed by atoms with van der Waals surface area (Å²) in [7, 11) is 0. The summed E-state index contributed by atoms with van der Waals surface area (Å²) >= 11 is 1.46. The monoisotopic (exact) mass is 340 g/mol. The lowest BCUT2D eigenvalue weighted by atomic mass is 10.2. The van der Waals surface area contributed by atoms with Crippen molar-refractivity contribution in [1.82, 2.24) is 15.0 Å². The van der Waals surface area contributed by atoms with E-state index < -0.39 is 0 Å². The molecule has 1 fully saturated rings. The van der Waals surface area contributed by atoms with E-state index in [1.807, 2.05) is 11.4 Å². The van der Waals surface area contributed by atoms with Crippen molar-refractivity contribution in [2.45, 2.75) is 31.6 Å². The highest BCUT2D eigenvalue weighted by molar-refractivity contribution is 7.13. The van der Waals surface area contributed by atoms with Gasteiger partial charge in [-0.05, 0) is 25.0 Å². The minimum atomic E-state index is -0.176. The van der Waals surface area contributed by atoms with Crippen molar-refractivity contribution in [3.05, 3.63) is 51.5 Å². The smallest absolute Gasteiger partial charge is 0.258 e. The van der Waals surface area contributed by atoms with Gasteiger partial charge in [-0.25, -0.2) is 9.97 Å². The summed E-state index contributed by atoms with van der Waals surface area (Å²) in [6, 6.07) is 7.17. The van der Waals surface area contributed by atoms with Gasteiger partial charge in [0.25, 0.3) is 5.56 Å². The van der Waals surface area contributed by atoms with E-state index in [1.165, 1.54) is 24.2 Å². The highest BCUT2D eigenvalue weighted by Crippen LogP contribution is 2.40. The minimum Gasteiger partial charge on any atom is -0.310 e. The number of fused-ring (bicyclic) bond motifs is 1. The van der Waals surface area contributed by atoms with E-state index in [-0.39, 0.29) is 17.9 Å². The van der Waals surface area contributed by atoms with Crippen LogP contribution in [0.15, 0.2) is 34.4 Å². The zero-order valence-corrected chi connectivity index (χ0v) is 13.7. The van der Waals surface area contributed by atoms with Crippen molar-refractivity contribution < 1.29 is 4.79 Å². The van der Waals surface area contributed by atoms with Crippen molar-refractivity contribution in [2.75, 3.05) is 5.32 Å². The maximum Gasteiger partial charge on any atom is 0.258 e. The summed E-state index contributed by atoms with van der Waals surface area (Å²) in [5.41, 5.74) is 1.55. The first-order chi connectivity index (χ1) is 11.7. The van der Waals surface area contributed by atoms with Crippen molar-refractivity contribution in [1.29, 1.82) is 0 Å². The maximum absolute atomic E-state index is 12.1. The van der Waals surface area contributed by atoms with Gasteiger partial charge >= 0.3 is 0 Å². The Hall–Kier alpha value is -2.54. The summed E-state index contributed by atoms with van der Waals surface area (Å²) in [4.78, 5) is 35.6. The molecule has 122 valence electrons. The normalized spacial score (nSPS) is 14.0. The predicted molar refractivity (Wildman–Crippen MR) is 93.4 cm³/mol. The van der Waals surface area contributed by atoms with Gasteiger partial charge in [-0.2, -0.15) is 0 Å². The van der Waals surface area contributed by atoms with Gasteiger partial charge in [0.15, 0.2) is 5.13 Å². The molecule has 7 heteroatoms. The third-order valence-corrected chi connectivity index (χ3v) is 4.79. The van der Waals surface area contributed by atoms with Crippen LogP contribution < -0.4 is 10.9 Å². The highest BCUT2D eigenvalue weighted by atomic mass is 32.1. The van der Waals surface area contributed by atoms with Crippen molar-refractivity contribution in [2.24, 2.45) is 0 Å². The van der Waals surface area contributed by atoms with Crippen LogP contribution in [0.25, 0.3) is 10.9 Å².